The highest BCUT2D eigenvalue weighted by Gasteiger charge is 2.41. The van der Waals surface area contributed by atoms with E-state index in [4.69, 9.17) is 5.73 Å². The summed E-state index contributed by atoms with van der Waals surface area (Å²) in [7, 11) is 0. The molecule has 8 nitrogen and oxygen atoms in total. The van der Waals surface area contributed by atoms with E-state index in [1.54, 1.807) is 13.8 Å². The van der Waals surface area contributed by atoms with Gasteiger partial charge in [-0.1, -0.05) is 13.8 Å². The average molecular weight is 257 g/mol. The highest BCUT2D eigenvalue weighted by atomic mass is 16.5. The summed E-state index contributed by atoms with van der Waals surface area (Å²) in [6.07, 6.45) is -0.989. The smallest absolute Gasteiger partial charge is 0.404 e. The molecule has 1 rings (SSSR count). The van der Waals surface area contributed by atoms with Crippen LogP contribution in [0.2, 0.25) is 0 Å². The van der Waals surface area contributed by atoms with Crippen molar-refractivity contribution in [3.05, 3.63) is 0 Å². The van der Waals surface area contributed by atoms with Crippen molar-refractivity contribution in [3.63, 3.8) is 0 Å². The molecule has 0 aromatic rings. The molecule has 1 atom stereocenters. The number of amides is 5. The van der Waals surface area contributed by atoms with Crippen molar-refractivity contribution in [3.8, 4) is 0 Å². The number of carbonyl (C=O) groups is 4. The zero-order valence-electron chi connectivity index (χ0n) is 10.1. The van der Waals surface area contributed by atoms with Crippen LogP contribution in [0.25, 0.3) is 0 Å². The van der Waals surface area contributed by atoms with Crippen LogP contribution in [-0.4, -0.2) is 42.0 Å². The minimum Gasteiger partial charge on any atom is -0.448 e. The quantitative estimate of drug-likeness (QED) is 0.654. The van der Waals surface area contributed by atoms with E-state index in [9.17, 15) is 19.2 Å². The summed E-state index contributed by atoms with van der Waals surface area (Å²) < 4.78 is 4.44. The number of nitrogens with two attached hydrogens (primary N) is 1. The van der Waals surface area contributed by atoms with Crippen LogP contribution in [0.3, 0.4) is 0 Å². The van der Waals surface area contributed by atoms with Crippen molar-refractivity contribution in [2.24, 2.45) is 17.6 Å². The van der Waals surface area contributed by atoms with Crippen LogP contribution in [0.1, 0.15) is 13.8 Å². The molecule has 0 saturated carbocycles. The molecule has 0 radical (unpaired) electrons. The Hall–Kier alpha value is -2.12. The molecule has 1 saturated heterocycles. The van der Waals surface area contributed by atoms with Gasteiger partial charge in [-0.05, 0) is 5.92 Å². The van der Waals surface area contributed by atoms with Crippen LogP contribution in [0, 0.1) is 11.8 Å². The summed E-state index contributed by atoms with van der Waals surface area (Å²) in [5.41, 5.74) is 4.76. The summed E-state index contributed by atoms with van der Waals surface area (Å²) in [6, 6.07) is -0.810. The summed E-state index contributed by atoms with van der Waals surface area (Å²) in [6.45, 7) is 3.07. The second-order valence-electron chi connectivity index (χ2n) is 4.17. The molecule has 18 heavy (non-hydrogen) atoms. The van der Waals surface area contributed by atoms with Gasteiger partial charge in [-0.25, -0.2) is 9.59 Å². The fourth-order valence-corrected chi connectivity index (χ4v) is 1.67. The molecule has 0 bridgehead atoms. The fraction of sp³-hybridized carbons (Fsp3) is 0.600. The number of urea groups is 1. The Bertz CT molecular complexity index is 393. The zero-order valence-corrected chi connectivity index (χ0v) is 10.1. The third-order valence-electron chi connectivity index (χ3n) is 2.52. The molecule has 5 amide bonds. The first-order chi connectivity index (χ1) is 8.34. The first kappa shape index (κ1) is 13.9. The van der Waals surface area contributed by atoms with E-state index in [1.165, 1.54) is 0 Å². The molecule has 0 aliphatic carbocycles. The number of nitrogens with one attached hydrogen (secondary N) is 1. The van der Waals surface area contributed by atoms with Gasteiger partial charge in [0.25, 0.3) is 0 Å². The minimum atomic E-state index is -0.989. The molecule has 3 N–H and O–H groups in total. The Labute approximate surface area is 103 Å². The molecular weight excluding hydrogens is 242 g/mol. The van der Waals surface area contributed by atoms with Gasteiger partial charge >= 0.3 is 12.1 Å². The lowest BCUT2D eigenvalue weighted by Gasteiger charge is -2.31. The summed E-state index contributed by atoms with van der Waals surface area (Å²) >= 11 is 0. The first-order valence-electron chi connectivity index (χ1n) is 5.43. The van der Waals surface area contributed by atoms with Gasteiger partial charge in [0, 0.05) is 0 Å². The third kappa shape index (κ3) is 2.96. The predicted octanol–water partition coefficient (Wildman–Crippen LogP) is -0.568. The summed E-state index contributed by atoms with van der Waals surface area (Å²) in [4.78, 5) is 46.1. The standard InChI is InChI=1S/C10H15N3O5/c1-5(2)6-7(14)12-10(17)13(8(6)15)3-4-18-9(11)16/h5-6H,3-4H2,1-2H3,(H2,11,16)(H,12,14,17). The molecule has 1 aliphatic heterocycles. The molecule has 0 spiro atoms. The lowest BCUT2D eigenvalue weighted by atomic mass is 9.92. The van der Waals surface area contributed by atoms with Gasteiger partial charge in [0.15, 0.2) is 0 Å². The Morgan fingerprint density at radius 2 is 2.06 bits per heavy atom. The number of hydrogen-bond donors (Lipinski definition) is 2. The molecule has 1 heterocycles. The molecule has 0 aromatic carbocycles. The van der Waals surface area contributed by atoms with Crippen molar-refractivity contribution in [2.45, 2.75) is 13.8 Å². The molecule has 1 aliphatic rings. The number of imide groups is 2. The maximum Gasteiger partial charge on any atom is 0.404 e. The Balaban J connectivity index is 2.71. The molecule has 1 fully saturated rings. The lowest BCUT2D eigenvalue weighted by Crippen LogP contribution is -2.59. The fourth-order valence-electron chi connectivity index (χ4n) is 1.67. The number of primary amides is 1. The van der Waals surface area contributed by atoms with E-state index >= 15 is 0 Å². The van der Waals surface area contributed by atoms with Gasteiger partial charge in [0.05, 0.1) is 6.54 Å². The van der Waals surface area contributed by atoms with Crippen molar-refractivity contribution in [2.75, 3.05) is 13.2 Å². The van der Waals surface area contributed by atoms with Crippen LogP contribution in [0.5, 0.6) is 0 Å². The molecule has 1 unspecified atom stereocenters. The van der Waals surface area contributed by atoms with E-state index in [0.717, 1.165) is 4.90 Å². The van der Waals surface area contributed by atoms with Crippen LogP contribution in [0.15, 0.2) is 0 Å². The van der Waals surface area contributed by atoms with Crippen molar-refractivity contribution >= 4 is 23.9 Å². The molecule has 100 valence electrons. The average Bonchev–Trinajstić information content (AvgIpc) is 2.21. The van der Waals surface area contributed by atoms with E-state index in [-0.39, 0.29) is 19.1 Å². The number of barbiturate groups is 1. The normalized spacial score (nSPS) is 20.1. The van der Waals surface area contributed by atoms with Crippen molar-refractivity contribution < 1.29 is 23.9 Å². The van der Waals surface area contributed by atoms with Gasteiger partial charge in [0.2, 0.25) is 11.8 Å². The Morgan fingerprint density at radius 3 is 2.56 bits per heavy atom. The topological polar surface area (TPSA) is 119 Å². The maximum atomic E-state index is 11.9. The molecule has 0 aromatic heterocycles. The van der Waals surface area contributed by atoms with E-state index in [0.29, 0.717) is 0 Å². The first-order valence-corrected chi connectivity index (χ1v) is 5.43. The number of rotatable bonds is 4. The lowest BCUT2D eigenvalue weighted by molar-refractivity contribution is -0.144. The SMILES string of the molecule is CC(C)C1C(=O)NC(=O)N(CCOC(N)=O)C1=O. The minimum absolute atomic E-state index is 0.135. The number of hydrogen-bond acceptors (Lipinski definition) is 5. The number of ether oxygens (including phenoxy) is 1. The van der Waals surface area contributed by atoms with Gasteiger partial charge in [0.1, 0.15) is 12.5 Å². The van der Waals surface area contributed by atoms with Crippen LogP contribution in [0.4, 0.5) is 9.59 Å². The summed E-state index contributed by atoms with van der Waals surface area (Å²) in [5, 5.41) is 2.08. The van der Waals surface area contributed by atoms with Crippen LogP contribution >= 0.6 is 0 Å². The van der Waals surface area contributed by atoms with E-state index in [1.807, 2.05) is 0 Å². The third-order valence-corrected chi connectivity index (χ3v) is 2.52. The largest absolute Gasteiger partial charge is 0.448 e. The second kappa shape index (κ2) is 5.48. The van der Waals surface area contributed by atoms with E-state index < -0.39 is 29.9 Å². The van der Waals surface area contributed by atoms with Gasteiger partial charge in [-0.2, -0.15) is 0 Å². The predicted molar refractivity (Wildman–Crippen MR) is 59.1 cm³/mol. The van der Waals surface area contributed by atoms with Crippen LogP contribution in [-0.2, 0) is 14.3 Å². The summed E-state index contributed by atoms with van der Waals surface area (Å²) in [5.74, 6) is -2.33. The van der Waals surface area contributed by atoms with Crippen molar-refractivity contribution in [1.82, 2.24) is 10.2 Å². The van der Waals surface area contributed by atoms with Gasteiger partial charge < -0.3 is 10.5 Å². The zero-order chi connectivity index (χ0) is 13.9. The monoisotopic (exact) mass is 257 g/mol. The molecule has 8 heteroatoms. The van der Waals surface area contributed by atoms with Gasteiger partial charge in [-0.3, -0.25) is 19.8 Å². The van der Waals surface area contributed by atoms with Crippen molar-refractivity contribution in [1.29, 1.82) is 0 Å². The number of nitrogens with zero attached hydrogens (tertiary/aromatic N) is 1. The molecular formula is C10H15N3O5. The van der Waals surface area contributed by atoms with Gasteiger partial charge in [-0.15, -0.1) is 0 Å². The van der Waals surface area contributed by atoms with E-state index in [2.05, 4.69) is 10.1 Å². The highest BCUT2D eigenvalue weighted by Crippen LogP contribution is 2.18. The number of carbonyl (C=O) groups excluding carboxylic acids is 4. The Kier molecular flexibility index (Phi) is 4.24. The highest BCUT2D eigenvalue weighted by molar-refractivity contribution is 6.16. The van der Waals surface area contributed by atoms with Crippen LogP contribution < -0.4 is 11.1 Å². The maximum absolute atomic E-state index is 11.9. The Morgan fingerprint density at radius 1 is 1.44 bits per heavy atom. The second-order valence-corrected chi connectivity index (χ2v) is 4.17.